The minimum Gasteiger partial charge on any atom is -0.285 e. The fraction of sp³-hybridized carbons (Fsp3) is 0.385. The lowest BCUT2D eigenvalue weighted by Gasteiger charge is -2.27. The van der Waals surface area contributed by atoms with E-state index in [-0.39, 0.29) is 35.5 Å². The van der Waals surface area contributed by atoms with E-state index in [4.69, 9.17) is 0 Å². The minimum atomic E-state index is -0.739. The first kappa shape index (κ1) is 20.6. The lowest BCUT2D eigenvalue weighted by molar-refractivity contribution is -0.140. The average molecular weight is 431 g/mol. The van der Waals surface area contributed by atoms with E-state index >= 15 is 0 Å². The molecule has 4 unspecified atom stereocenters. The van der Waals surface area contributed by atoms with Crippen LogP contribution < -0.4 is 4.90 Å². The number of carbonyl (C=O) groups is 4. The molecular weight excluding hydrogens is 404 g/mol. The number of amides is 4. The fourth-order valence-electron chi connectivity index (χ4n) is 5.71. The van der Waals surface area contributed by atoms with Crippen LogP contribution in [0.2, 0.25) is 0 Å². The Labute approximate surface area is 187 Å². The van der Waals surface area contributed by atoms with Gasteiger partial charge in [-0.25, -0.2) is 0 Å². The standard InChI is InChI=1S/C26H26N2O4/c1-14-6-5-7-16(12-14)26(2,3)15-8-10-17(11-9-15)28-23(30)19-13-18-20(21(19)25(28)32)24(31)27(4)22(18)29/h5-12,18-21H,13H2,1-4H3. The predicted octanol–water partition coefficient (Wildman–Crippen LogP) is 3.06. The molecule has 3 fully saturated rings. The van der Waals surface area contributed by atoms with Crippen LogP contribution in [0, 0.1) is 30.6 Å². The second kappa shape index (κ2) is 6.86. The summed E-state index contributed by atoms with van der Waals surface area (Å²) in [4.78, 5) is 53.6. The fourth-order valence-corrected chi connectivity index (χ4v) is 5.71. The summed E-state index contributed by atoms with van der Waals surface area (Å²) in [5, 5.41) is 0. The predicted molar refractivity (Wildman–Crippen MR) is 119 cm³/mol. The maximum Gasteiger partial charge on any atom is 0.238 e. The number of rotatable bonds is 3. The van der Waals surface area contributed by atoms with Gasteiger partial charge in [-0.2, -0.15) is 0 Å². The molecule has 32 heavy (non-hydrogen) atoms. The molecule has 3 aliphatic rings. The van der Waals surface area contributed by atoms with Gasteiger partial charge in [-0.15, -0.1) is 0 Å². The third kappa shape index (κ3) is 2.71. The van der Waals surface area contributed by atoms with Crippen LogP contribution >= 0.6 is 0 Å². The first-order valence-electron chi connectivity index (χ1n) is 11.0. The SMILES string of the molecule is Cc1cccc(C(C)(C)c2ccc(N3C(=O)C4CC5C(=O)N(C)C(=O)C5C4C3=O)cc2)c1. The summed E-state index contributed by atoms with van der Waals surface area (Å²) in [6.45, 7) is 6.36. The highest BCUT2D eigenvalue weighted by Crippen LogP contribution is 2.52. The number of fused-ring (bicyclic) bond motifs is 3. The molecule has 0 spiro atoms. The van der Waals surface area contributed by atoms with Crippen molar-refractivity contribution in [2.45, 2.75) is 32.6 Å². The molecule has 2 heterocycles. The lowest BCUT2D eigenvalue weighted by atomic mass is 9.77. The number of hydrogen-bond donors (Lipinski definition) is 0. The van der Waals surface area contributed by atoms with Gasteiger partial charge in [0.05, 0.1) is 29.4 Å². The molecule has 1 aliphatic carbocycles. The molecule has 0 radical (unpaired) electrons. The zero-order valence-electron chi connectivity index (χ0n) is 18.7. The van der Waals surface area contributed by atoms with Crippen LogP contribution in [-0.2, 0) is 24.6 Å². The maximum atomic E-state index is 13.3. The van der Waals surface area contributed by atoms with Crippen LogP contribution in [0.4, 0.5) is 5.69 Å². The van der Waals surface area contributed by atoms with Crippen molar-refractivity contribution in [2.75, 3.05) is 11.9 Å². The topological polar surface area (TPSA) is 74.8 Å². The monoisotopic (exact) mass is 430 g/mol. The zero-order valence-corrected chi connectivity index (χ0v) is 18.7. The third-order valence-electron chi connectivity index (χ3n) is 7.66. The zero-order chi connectivity index (χ0) is 22.9. The molecule has 2 aliphatic heterocycles. The van der Waals surface area contributed by atoms with Crippen LogP contribution in [0.25, 0.3) is 0 Å². The van der Waals surface area contributed by atoms with Crippen LogP contribution in [-0.4, -0.2) is 35.6 Å². The Balaban J connectivity index is 1.43. The molecule has 4 amide bonds. The number of benzene rings is 2. The van der Waals surface area contributed by atoms with Gasteiger partial charge < -0.3 is 0 Å². The average Bonchev–Trinajstić information content (AvgIpc) is 3.34. The van der Waals surface area contributed by atoms with Crippen molar-refractivity contribution in [3.8, 4) is 0 Å². The molecule has 6 heteroatoms. The maximum absolute atomic E-state index is 13.3. The largest absolute Gasteiger partial charge is 0.285 e. The molecule has 1 saturated carbocycles. The van der Waals surface area contributed by atoms with E-state index in [0.717, 1.165) is 10.5 Å². The summed E-state index contributed by atoms with van der Waals surface area (Å²) in [6, 6.07) is 15.9. The van der Waals surface area contributed by atoms with Crippen molar-refractivity contribution in [3.05, 3.63) is 65.2 Å². The Morgan fingerprint density at radius 3 is 2.06 bits per heavy atom. The Kier molecular flexibility index (Phi) is 4.42. The number of imide groups is 2. The van der Waals surface area contributed by atoms with Crippen LogP contribution in [0.3, 0.4) is 0 Å². The van der Waals surface area contributed by atoms with E-state index in [1.807, 2.05) is 18.2 Å². The normalized spacial score (nSPS) is 27.4. The number of carbonyl (C=O) groups excluding carboxylic acids is 4. The third-order valence-corrected chi connectivity index (χ3v) is 7.66. The van der Waals surface area contributed by atoms with Crippen LogP contribution in [0.5, 0.6) is 0 Å². The number of likely N-dealkylation sites (tertiary alicyclic amines) is 1. The highest BCUT2D eigenvalue weighted by atomic mass is 16.2. The van der Waals surface area contributed by atoms with Gasteiger partial charge in [0.15, 0.2) is 0 Å². The van der Waals surface area contributed by atoms with Gasteiger partial charge >= 0.3 is 0 Å². The second-order valence-corrected chi connectivity index (χ2v) is 9.79. The van der Waals surface area contributed by atoms with E-state index < -0.39 is 23.7 Å². The van der Waals surface area contributed by atoms with Gasteiger partial charge in [-0.05, 0) is 36.6 Å². The van der Waals surface area contributed by atoms with Crippen molar-refractivity contribution in [1.82, 2.24) is 4.90 Å². The Morgan fingerprint density at radius 2 is 1.41 bits per heavy atom. The molecule has 2 aromatic rings. The Morgan fingerprint density at radius 1 is 0.781 bits per heavy atom. The summed E-state index contributed by atoms with van der Waals surface area (Å²) < 4.78 is 0. The highest BCUT2D eigenvalue weighted by Gasteiger charge is 2.65. The lowest BCUT2D eigenvalue weighted by Crippen LogP contribution is -2.35. The van der Waals surface area contributed by atoms with Gasteiger partial charge in [0.2, 0.25) is 23.6 Å². The first-order chi connectivity index (χ1) is 15.1. The number of hydrogen-bond acceptors (Lipinski definition) is 4. The van der Waals surface area contributed by atoms with Gasteiger partial charge in [-0.3, -0.25) is 29.0 Å². The molecule has 4 atom stereocenters. The van der Waals surface area contributed by atoms with Crippen molar-refractivity contribution >= 4 is 29.3 Å². The van der Waals surface area contributed by atoms with Crippen molar-refractivity contribution in [1.29, 1.82) is 0 Å². The molecule has 0 bridgehead atoms. The summed E-state index contributed by atoms with van der Waals surface area (Å²) in [7, 11) is 1.45. The summed E-state index contributed by atoms with van der Waals surface area (Å²) in [5.41, 5.74) is 3.72. The van der Waals surface area contributed by atoms with Gasteiger partial charge in [0.1, 0.15) is 0 Å². The van der Waals surface area contributed by atoms with Crippen molar-refractivity contribution in [2.24, 2.45) is 23.7 Å². The molecule has 0 N–H and O–H groups in total. The van der Waals surface area contributed by atoms with Crippen LogP contribution in [0.15, 0.2) is 48.5 Å². The molecule has 2 saturated heterocycles. The molecule has 2 aromatic carbocycles. The van der Waals surface area contributed by atoms with Crippen LogP contribution in [0.1, 0.15) is 37.0 Å². The van der Waals surface area contributed by atoms with Crippen molar-refractivity contribution in [3.63, 3.8) is 0 Å². The van der Waals surface area contributed by atoms with Gasteiger partial charge in [0.25, 0.3) is 0 Å². The molecule has 164 valence electrons. The van der Waals surface area contributed by atoms with Crippen molar-refractivity contribution < 1.29 is 19.2 Å². The van der Waals surface area contributed by atoms with E-state index in [1.165, 1.54) is 23.1 Å². The van der Waals surface area contributed by atoms with Gasteiger partial charge in [0, 0.05) is 12.5 Å². The Hall–Kier alpha value is -3.28. The second-order valence-electron chi connectivity index (χ2n) is 9.79. The Bertz CT molecular complexity index is 1170. The first-order valence-corrected chi connectivity index (χ1v) is 11.0. The quantitative estimate of drug-likeness (QED) is 0.702. The summed E-state index contributed by atoms with van der Waals surface area (Å²) >= 11 is 0. The molecule has 5 rings (SSSR count). The molecule has 0 aromatic heterocycles. The molecular formula is C26H26N2O4. The minimum absolute atomic E-state index is 0.242. The number of nitrogens with zero attached hydrogens (tertiary/aromatic N) is 2. The highest BCUT2D eigenvalue weighted by molar-refractivity contribution is 6.24. The summed E-state index contributed by atoms with van der Waals surface area (Å²) in [5.74, 6) is -3.87. The summed E-state index contributed by atoms with van der Waals surface area (Å²) in [6.07, 6.45) is 0.268. The van der Waals surface area contributed by atoms with Gasteiger partial charge in [-0.1, -0.05) is 55.8 Å². The van der Waals surface area contributed by atoms with E-state index in [1.54, 1.807) is 12.1 Å². The van der Waals surface area contributed by atoms with E-state index in [9.17, 15) is 19.2 Å². The number of anilines is 1. The number of aryl methyl sites for hydroxylation is 1. The molecule has 6 nitrogen and oxygen atoms in total. The van der Waals surface area contributed by atoms with E-state index in [2.05, 4.69) is 39.0 Å². The smallest absolute Gasteiger partial charge is 0.238 e. The van der Waals surface area contributed by atoms with E-state index in [0.29, 0.717) is 5.69 Å².